The van der Waals surface area contributed by atoms with Gasteiger partial charge in [0.15, 0.2) is 10.6 Å². The molecule has 0 unspecified atom stereocenters. The topological polar surface area (TPSA) is 66.5 Å². The number of pyridine rings is 1. The number of benzene rings is 1. The molecule has 0 aliphatic carbocycles. The van der Waals surface area contributed by atoms with Gasteiger partial charge in [-0.25, -0.2) is 0 Å². The van der Waals surface area contributed by atoms with Crippen LogP contribution in [0.3, 0.4) is 0 Å². The molecule has 2 heterocycles. The maximum atomic E-state index is 11.1. The van der Waals surface area contributed by atoms with Crippen molar-refractivity contribution in [1.29, 1.82) is 0 Å². The predicted octanol–water partition coefficient (Wildman–Crippen LogP) is 2.29. The summed E-state index contributed by atoms with van der Waals surface area (Å²) in [4.78, 5) is 13.7. The van der Waals surface area contributed by atoms with Gasteiger partial charge in [0.1, 0.15) is 0 Å². The Morgan fingerprint density at radius 1 is 1.11 bits per heavy atom. The Hall–Kier alpha value is -2.47. The summed E-state index contributed by atoms with van der Waals surface area (Å²) in [6, 6.07) is 12.9. The third-order valence-electron chi connectivity index (χ3n) is 2.73. The number of nitrogens with zero attached hydrogens (tertiary/aromatic N) is 2. The fourth-order valence-corrected chi connectivity index (χ4v) is 2.09. The quantitative estimate of drug-likeness (QED) is 0.702. The second kappa shape index (κ2) is 4.66. The molecule has 19 heavy (non-hydrogen) atoms. The Morgan fingerprint density at radius 3 is 2.58 bits per heavy atom. The minimum absolute atomic E-state index is 0.149. The Kier molecular flexibility index (Phi) is 2.85. The molecule has 3 rings (SSSR count). The zero-order chi connectivity index (χ0) is 13.2. The number of aromatic nitrogens is 4. The monoisotopic (exact) mass is 270 g/mol. The minimum atomic E-state index is -0.149. The van der Waals surface area contributed by atoms with Crippen LogP contribution in [0.25, 0.3) is 17.1 Å². The maximum absolute atomic E-state index is 11.1. The van der Waals surface area contributed by atoms with Crippen LogP contribution in [0.4, 0.5) is 0 Å². The summed E-state index contributed by atoms with van der Waals surface area (Å²) in [5.74, 6) is 0.660. The highest BCUT2D eigenvalue weighted by molar-refractivity contribution is 7.71. The number of aromatic amines is 2. The Balaban J connectivity index is 2.22. The average molecular weight is 270 g/mol. The van der Waals surface area contributed by atoms with Crippen LogP contribution in [0.1, 0.15) is 0 Å². The first-order valence-electron chi connectivity index (χ1n) is 5.67. The van der Waals surface area contributed by atoms with Crippen LogP contribution in [-0.2, 0) is 0 Å². The molecule has 6 heteroatoms. The molecule has 3 aromatic rings. The Labute approximate surface area is 113 Å². The van der Waals surface area contributed by atoms with Gasteiger partial charge in [0, 0.05) is 23.5 Å². The van der Waals surface area contributed by atoms with Gasteiger partial charge in [-0.1, -0.05) is 18.2 Å². The Bertz CT molecular complexity index is 796. The van der Waals surface area contributed by atoms with Gasteiger partial charge in [0.25, 0.3) is 0 Å². The minimum Gasteiger partial charge on any atom is -0.328 e. The van der Waals surface area contributed by atoms with Crippen molar-refractivity contribution in [1.82, 2.24) is 19.7 Å². The van der Waals surface area contributed by atoms with Crippen LogP contribution in [0, 0.1) is 4.77 Å². The van der Waals surface area contributed by atoms with Gasteiger partial charge in [-0.3, -0.25) is 14.5 Å². The molecule has 0 aliphatic heterocycles. The summed E-state index contributed by atoms with van der Waals surface area (Å²) in [7, 11) is 0. The molecule has 0 spiro atoms. The lowest BCUT2D eigenvalue weighted by Gasteiger charge is -2.06. The van der Waals surface area contributed by atoms with E-state index in [-0.39, 0.29) is 5.56 Å². The third kappa shape index (κ3) is 2.13. The first-order valence-corrected chi connectivity index (χ1v) is 6.08. The number of rotatable bonds is 2. The summed E-state index contributed by atoms with van der Waals surface area (Å²) in [6.45, 7) is 0. The van der Waals surface area contributed by atoms with Crippen LogP contribution in [-0.4, -0.2) is 19.7 Å². The van der Waals surface area contributed by atoms with E-state index in [4.69, 9.17) is 12.2 Å². The molecule has 0 radical (unpaired) electrons. The molecule has 2 aromatic heterocycles. The molecule has 0 atom stereocenters. The van der Waals surface area contributed by atoms with Crippen molar-refractivity contribution in [3.63, 3.8) is 0 Å². The van der Waals surface area contributed by atoms with Crippen molar-refractivity contribution in [3.05, 3.63) is 63.8 Å². The molecule has 2 N–H and O–H groups in total. The number of para-hydroxylation sites is 1. The zero-order valence-electron chi connectivity index (χ0n) is 9.83. The van der Waals surface area contributed by atoms with E-state index >= 15 is 0 Å². The van der Waals surface area contributed by atoms with Gasteiger partial charge in [0.2, 0.25) is 5.56 Å². The predicted molar refractivity (Wildman–Crippen MR) is 74.8 cm³/mol. The van der Waals surface area contributed by atoms with Crippen molar-refractivity contribution >= 4 is 12.2 Å². The molecule has 0 saturated carbocycles. The lowest BCUT2D eigenvalue weighted by molar-refractivity contribution is 1.03. The van der Waals surface area contributed by atoms with Crippen LogP contribution >= 0.6 is 12.2 Å². The molecule has 5 nitrogen and oxygen atoms in total. The van der Waals surface area contributed by atoms with Crippen LogP contribution in [0.2, 0.25) is 0 Å². The van der Waals surface area contributed by atoms with Crippen molar-refractivity contribution in [2.75, 3.05) is 0 Å². The number of hydrogen-bond donors (Lipinski definition) is 2. The van der Waals surface area contributed by atoms with Gasteiger partial charge in [-0.2, -0.15) is 5.10 Å². The van der Waals surface area contributed by atoms with Gasteiger partial charge < -0.3 is 4.98 Å². The van der Waals surface area contributed by atoms with E-state index in [0.717, 1.165) is 11.3 Å². The highest BCUT2D eigenvalue weighted by atomic mass is 32.1. The van der Waals surface area contributed by atoms with Gasteiger partial charge in [-0.15, -0.1) is 0 Å². The molecule has 0 saturated heterocycles. The van der Waals surface area contributed by atoms with Gasteiger partial charge in [-0.05, 0) is 30.4 Å². The first-order chi connectivity index (χ1) is 9.25. The summed E-state index contributed by atoms with van der Waals surface area (Å²) < 4.78 is 2.33. The molecular weight excluding hydrogens is 260 g/mol. The van der Waals surface area contributed by atoms with Gasteiger partial charge >= 0.3 is 0 Å². The van der Waals surface area contributed by atoms with E-state index in [9.17, 15) is 4.79 Å². The first kappa shape index (κ1) is 11.6. The van der Waals surface area contributed by atoms with E-state index < -0.39 is 0 Å². The smallest absolute Gasteiger partial charge is 0.247 e. The summed E-state index contributed by atoms with van der Waals surface area (Å²) in [6.07, 6.45) is 1.62. The summed E-state index contributed by atoms with van der Waals surface area (Å²) in [5.41, 5.74) is 1.56. The molecular formula is C13H10N4OS. The van der Waals surface area contributed by atoms with Crippen molar-refractivity contribution in [3.8, 4) is 17.1 Å². The maximum Gasteiger partial charge on any atom is 0.247 e. The largest absolute Gasteiger partial charge is 0.328 e. The highest BCUT2D eigenvalue weighted by Crippen LogP contribution is 2.19. The highest BCUT2D eigenvalue weighted by Gasteiger charge is 2.10. The zero-order valence-corrected chi connectivity index (χ0v) is 10.6. The van der Waals surface area contributed by atoms with Crippen LogP contribution in [0.15, 0.2) is 53.5 Å². The molecule has 0 aliphatic rings. The van der Waals surface area contributed by atoms with E-state index in [1.54, 1.807) is 12.3 Å². The third-order valence-corrected chi connectivity index (χ3v) is 3.00. The average Bonchev–Trinajstić information content (AvgIpc) is 2.82. The SMILES string of the molecule is O=c1ccc(-c2n[nH]c(=S)n2-c2ccccc2)c[nH]1. The van der Waals surface area contributed by atoms with Crippen LogP contribution in [0.5, 0.6) is 0 Å². The number of nitrogens with one attached hydrogen (secondary N) is 2. The lowest BCUT2D eigenvalue weighted by Crippen LogP contribution is -2.03. The summed E-state index contributed by atoms with van der Waals surface area (Å²) in [5, 5.41) is 6.99. The normalized spacial score (nSPS) is 10.5. The van der Waals surface area contributed by atoms with Crippen molar-refractivity contribution in [2.24, 2.45) is 0 Å². The summed E-state index contributed by atoms with van der Waals surface area (Å²) >= 11 is 5.25. The standard InChI is InChI=1S/C13H10N4OS/c18-11-7-6-9(8-14-11)12-15-16-13(19)17(12)10-4-2-1-3-5-10/h1-8H,(H,14,18)(H,16,19). The molecule has 0 fully saturated rings. The lowest BCUT2D eigenvalue weighted by atomic mass is 10.2. The second-order valence-electron chi connectivity index (χ2n) is 3.96. The number of H-pyrrole nitrogens is 2. The molecule has 1 aromatic carbocycles. The molecule has 0 amide bonds. The van der Waals surface area contributed by atoms with Gasteiger partial charge in [0.05, 0.1) is 0 Å². The number of hydrogen-bond acceptors (Lipinski definition) is 3. The fraction of sp³-hybridized carbons (Fsp3) is 0. The van der Waals surface area contributed by atoms with Crippen molar-refractivity contribution < 1.29 is 0 Å². The molecule has 0 bridgehead atoms. The molecule has 94 valence electrons. The fourth-order valence-electron chi connectivity index (χ4n) is 1.86. The van der Waals surface area contributed by atoms with E-state index in [0.29, 0.717) is 10.6 Å². The van der Waals surface area contributed by atoms with Crippen LogP contribution < -0.4 is 5.56 Å². The van der Waals surface area contributed by atoms with E-state index in [1.807, 2.05) is 34.9 Å². The Morgan fingerprint density at radius 2 is 1.89 bits per heavy atom. The van der Waals surface area contributed by atoms with E-state index in [1.165, 1.54) is 6.07 Å². The van der Waals surface area contributed by atoms with E-state index in [2.05, 4.69) is 15.2 Å². The second-order valence-corrected chi connectivity index (χ2v) is 4.35. The van der Waals surface area contributed by atoms with Crippen molar-refractivity contribution in [2.45, 2.75) is 0 Å².